The fourth-order valence-electron chi connectivity index (χ4n) is 1.16. The summed E-state index contributed by atoms with van der Waals surface area (Å²) in [4.78, 5) is 9.65. The van der Waals surface area contributed by atoms with Gasteiger partial charge in [-0.3, -0.25) is 0 Å². The zero-order valence-electron chi connectivity index (χ0n) is 8.81. The van der Waals surface area contributed by atoms with E-state index in [1.54, 1.807) is 6.92 Å². The summed E-state index contributed by atoms with van der Waals surface area (Å²) in [5, 5.41) is 9.41. The maximum Gasteiger partial charge on any atom is 0.157 e. The number of aliphatic hydroxyl groups excluding tert-OH is 1. The second-order valence-electron chi connectivity index (χ2n) is 3.46. The molecule has 0 aliphatic rings. The highest BCUT2D eigenvalue weighted by molar-refractivity contribution is 6.32. The Balaban J connectivity index is 2.73. The van der Waals surface area contributed by atoms with E-state index in [9.17, 15) is 0 Å². The molecule has 1 rings (SSSR count). The van der Waals surface area contributed by atoms with Crippen molar-refractivity contribution in [1.29, 1.82) is 0 Å². The van der Waals surface area contributed by atoms with E-state index >= 15 is 0 Å². The number of nitrogen functional groups attached to an aromatic ring is 1. The lowest BCUT2D eigenvalue weighted by atomic mass is 10.3. The first-order valence-corrected chi connectivity index (χ1v) is 5.05. The van der Waals surface area contributed by atoms with Crippen molar-refractivity contribution < 1.29 is 5.11 Å². The molecule has 0 aliphatic carbocycles. The van der Waals surface area contributed by atoms with Gasteiger partial charge in [0.05, 0.1) is 6.10 Å². The van der Waals surface area contributed by atoms with Crippen LogP contribution in [0.4, 0.5) is 11.5 Å². The number of aromatic nitrogens is 2. The maximum absolute atomic E-state index is 9.16. The van der Waals surface area contributed by atoms with Gasteiger partial charge in [-0.15, -0.1) is 0 Å². The van der Waals surface area contributed by atoms with Crippen LogP contribution in [-0.2, 0) is 0 Å². The molecule has 0 radical (unpaired) electrons. The molecule has 1 unspecified atom stereocenters. The Hall–Kier alpha value is -1.07. The average molecular weight is 231 g/mol. The van der Waals surface area contributed by atoms with Gasteiger partial charge in [0.25, 0.3) is 0 Å². The normalized spacial score (nSPS) is 12.5. The van der Waals surface area contributed by atoms with Gasteiger partial charge >= 0.3 is 0 Å². The van der Waals surface area contributed by atoms with Crippen molar-refractivity contribution in [1.82, 2.24) is 9.97 Å². The molecule has 0 bridgehead atoms. The first-order chi connectivity index (χ1) is 7.02. The molecule has 84 valence electrons. The lowest BCUT2D eigenvalue weighted by Crippen LogP contribution is -2.24. The van der Waals surface area contributed by atoms with Gasteiger partial charge in [-0.25, -0.2) is 9.97 Å². The Morgan fingerprint density at radius 3 is 2.87 bits per heavy atom. The van der Waals surface area contributed by atoms with E-state index in [0.717, 1.165) is 0 Å². The fraction of sp³-hybridized carbons (Fsp3) is 0.556. The highest BCUT2D eigenvalue weighted by Gasteiger charge is 2.10. The monoisotopic (exact) mass is 230 g/mol. The van der Waals surface area contributed by atoms with E-state index in [1.165, 1.54) is 6.33 Å². The largest absolute Gasteiger partial charge is 0.393 e. The highest BCUT2D eigenvalue weighted by Crippen LogP contribution is 2.24. The van der Waals surface area contributed by atoms with E-state index in [1.807, 2.05) is 11.9 Å². The minimum atomic E-state index is -0.342. The van der Waals surface area contributed by atoms with Gasteiger partial charge in [0, 0.05) is 13.6 Å². The number of anilines is 2. The lowest BCUT2D eigenvalue weighted by molar-refractivity contribution is 0.187. The van der Waals surface area contributed by atoms with Crippen LogP contribution in [0.5, 0.6) is 0 Å². The van der Waals surface area contributed by atoms with Crippen molar-refractivity contribution in [2.24, 2.45) is 0 Å². The number of rotatable bonds is 4. The summed E-state index contributed by atoms with van der Waals surface area (Å²) in [7, 11) is 1.84. The van der Waals surface area contributed by atoms with Gasteiger partial charge in [0.1, 0.15) is 12.0 Å². The molecule has 1 aromatic heterocycles. The molecule has 0 fully saturated rings. The van der Waals surface area contributed by atoms with Gasteiger partial charge in [0.15, 0.2) is 11.0 Å². The first kappa shape index (κ1) is 12.0. The Morgan fingerprint density at radius 2 is 2.27 bits per heavy atom. The molecular formula is C9H15ClN4O. The fourth-order valence-corrected chi connectivity index (χ4v) is 1.28. The summed E-state index contributed by atoms with van der Waals surface area (Å²) < 4.78 is 0. The predicted octanol–water partition coefficient (Wildman–Crippen LogP) is 0.919. The first-order valence-electron chi connectivity index (χ1n) is 4.67. The number of aliphatic hydroxyl groups is 1. The van der Waals surface area contributed by atoms with Crippen molar-refractivity contribution in [2.45, 2.75) is 19.4 Å². The summed E-state index contributed by atoms with van der Waals surface area (Å²) >= 11 is 5.77. The summed E-state index contributed by atoms with van der Waals surface area (Å²) in [6.07, 6.45) is 1.68. The molecule has 6 heteroatoms. The number of hydrogen-bond acceptors (Lipinski definition) is 5. The standard InChI is InChI=1S/C9H15ClN4O/c1-6(15)3-4-14(2)9-7(11)8(10)12-5-13-9/h5-6,15H,3-4,11H2,1-2H3. The molecule has 15 heavy (non-hydrogen) atoms. The van der Waals surface area contributed by atoms with Crippen LogP contribution >= 0.6 is 11.6 Å². The smallest absolute Gasteiger partial charge is 0.157 e. The maximum atomic E-state index is 9.16. The Labute approximate surface area is 93.9 Å². The molecule has 1 aromatic rings. The van der Waals surface area contributed by atoms with Gasteiger partial charge in [-0.1, -0.05) is 11.6 Å². The number of hydrogen-bond donors (Lipinski definition) is 2. The molecule has 1 atom stereocenters. The number of nitrogens with two attached hydrogens (primary N) is 1. The predicted molar refractivity (Wildman–Crippen MR) is 61.0 cm³/mol. The van der Waals surface area contributed by atoms with Crippen molar-refractivity contribution >= 4 is 23.1 Å². The molecule has 5 nitrogen and oxygen atoms in total. The number of halogens is 1. The minimum Gasteiger partial charge on any atom is -0.393 e. The second-order valence-corrected chi connectivity index (χ2v) is 3.82. The van der Waals surface area contributed by atoms with Crippen LogP contribution in [0.1, 0.15) is 13.3 Å². The van der Waals surface area contributed by atoms with Crippen LogP contribution in [0.3, 0.4) is 0 Å². The van der Waals surface area contributed by atoms with Crippen molar-refractivity contribution in [3.8, 4) is 0 Å². The zero-order chi connectivity index (χ0) is 11.4. The molecular weight excluding hydrogens is 216 g/mol. The topological polar surface area (TPSA) is 75.3 Å². The van der Waals surface area contributed by atoms with Crippen LogP contribution in [0.15, 0.2) is 6.33 Å². The Bertz CT molecular complexity index is 332. The number of nitrogens with zero attached hydrogens (tertiary/aromatic N) is 3. The Kier molecular flexibility index (Phi) is 4.11. The molecule has 0 amide bonds. The highest BCUT2D eigenvalue weighted by atomic mass is 35.5. The van der Waals surface area contributed by atoms with Crippen LogP contribution in [0.2, 0.25) is 5.15 Å². The molecule has 0 saturated heterocycles. The van der Waals surface area contributed by atoms with Crippen LogP contribution < -0.4 is 10.6 Å². The SMILES string of the molecule is CC(O)CCN(C)c1ncnc(Cl)c1N. The molecule has 1 heterocycles. The second kappa shape index (κ2) is 5.14. The lowest BCUT2D eigenvalue weighted by Gasteiger charge is -2.20. The molecule has 0 saturated carbocycles. The van der Waals surface area contributed by atoms with E-state index < -0.39 is 0 Å². The quantitative estimate of drug-likeness (QED) is 0.753. The van der Waals surface area contributed by atoms with Gasteiger partial charge in [0.2, 0.25) is 0 Å². The molecule has 0 aliphatic heterocycles. The minimum absolute atomic E-state index is 0.254. The van der Waals surface area contributed by atoms with Crippen molar-refractivity contribution in [3.05, 3.63) is 11.5 Å². The van der Waals surface area contributed by atoms with Gasteiger partial charge < -0.3 is 15.7 Å². The summed E-state index contributed by atoms with van der Waals surface area (Å²) in [5.74, 6) is 0.593. The summed E-state index contributed by atoms with van der Waals surface area (Å²) in [6, 6.07) is 0. The van der Waals surface area contributed by atoms with Crippen LogP contribution in [-0.4, -0.2) is 34.8 Å². The van der Waals surface area contributed by atoms with Gasteiger partial charge in [-0.2, -0.15) is 0 Å². The molecule has 0 spiro atoms. The van der Waals surface area contributed by atoms with Crippen LogP contribution in [0.25, 0.3) is 0 Å². The van der Waals surface area contributed by atoms with E-state index in [-0.39, 0.29) is 11.3 Å². The average Bonchev–Trinajstić information content (AvgIpc) is 2.18. The summed E-state index contributed by atoms with van der Waals surface area (Å²) in [5.41, 5.74) is 6.10. The van der Waals surface area contributed by atoms with E-state index in [2.05, 4.69) is 9.97 Å². The third kappa shape index (κ3) is 3.21. The van der Waals surface area contributed by atoms with Crippen molar-refractivity contribution in [2.75, 3.05) is 24.2 Å². The van der Waals surface area contributed by atoms with E-state index in [4.69, 9.17) is 22.4 Å². The third-order valence-electron chi connectivity index (χ3n) is 2.06. The van der Waals surface area contributed by atoms with Gasteiger partial charge in [-0.05, 0) is 13.3 Å². The van der Waals surface area contributed by atoms with E-state index in [0.29, 0.717) is 24.5 Å². The zero-order valence-corrected chi connectivity index (χ0v) is 9.57. The molecule has 0 aromatic carbocycles. The third-order valence-corrected chi connectivity index (χ3v) is 2.36. The Morgan fingerprint density at radius 1 is 1.60 bits per heavy atom. The summed E-state index contributed by atoms with van der Waals surface area (Å²) in [6.45, 7) is 2.40. The molecule has 3 N–H and O–H groups in total. The van der Waals surface area contributed by atoms with Crippen molar-refractivity contribution in [3.63, 3.8) is 0 Å². The van der Waals surface area contributed by atoms with Crippen LogP contribution in [0, 0.1) is 0 Å².